The van der Waals surface area contributed by atoms with Crippen molar-refractivity contribution in [3.63, 3.8) is 0 Å². The lowest BCUT2D eigenvalue weighted by molar-refractivity contribution is 0.0309. The van der Waals surface area contributed by atoms with E-state index in [4.69, 9.17) is 11.6 Å². The van der Waals surface area contributed by atoms with Gasteiger partial charge in [-0.05, 0) is 43.5 Å². The molecule has 110 valence electrons. The summed E-state index contributed by atoms with van der Waals surface area (Å²) in [6.45, 7) is 6.46. The first-order valence-corrected chi connectivity index (χ1v) is 7.34. The second-order valence-electron chi connectivity index (χ2n) is 5.70. The maximum Gasteiger partial charge on any atom is 0.124 e. The van der Waals surface area contributed by atoms with Crippen molar-refractivity contribution in [1.29, 1.82) is 0 Å². The Bertz CT molecular complexity index is 480. The number of benzene rings is 1. The minimum absolute atomic E-state index is 0.0908. The van der Waals surface area contributed by atoms with Crippen molar-refractivity contribution in [2.45, 2.75) is 25.8 Å². The molecule has 0 aliphatic carbocycles. The molecule has 0 spiro atoms. The second kappa shape index (κ2) is 6.70. The molecule has 1 saturated heterocycles. The number of likely N-dealkylation sites (tertiary alicyclic amines) is 1. The fourth-order valence-electron chi connectivity index (χ4n) is 3.00. The van der Waals surface area contributed by atoms with Crippen LogP contribution in [0.15, 0.2) is 30.9 Å². The first kappa shape index (κ1) is 15.5. The number of piperidine rings is 1. The monoisotopic (exact) mass is 297 g/mol. The minimum Gasteiger partial charge on any atom is -0.396 e. The lowest BCUT2D eigenvalue weighted by Crippen LogP contribution is -2.44. The molecule has 1 atom stereocenters. The first-order valence-electron chi connectivity index (χ1n) is 6.97. The Kier molecular flexibility index (Phi) is 5.19. The zero-order valence-electron chi connectivity index (χ0n) is 11.6. The van der Waals surface area contributed by atoms with Crippen LogP contribution < -0.4 is 0 Å². The summed E-state index contributed by atoms with van der Waals surface area (Å²) in [5, 5.41) is 10.2. The van der Waals surface area contributed by atoms with Crippen LogP contribution in [0.4, 0.5) is 4.39 Å². The van der Waals surface area contributed by atoms with Crippen molar-refractivity contribution in [1.82, 2.24) is 4.90 Å². The van der Waals surface area contributed by atoms with Crippen LogP contribution in [-0.2, 0) is 6.54 Å². The number of hydrogen-bond donors (Lipinski definition) is 1. The number of nitrogens with zero attached hydrogens (tertiary/aromatic N) is 1. The van der Waals surface area contributed by atoms with Crippen LogP contribution in [-0.4, -0.2) is 29.7 Å². The van der Waals surface area contributed by atoms with Crippen molar-refractivity contribution in [3.8, 4) is 0 Å². The molecule has 0 amide bonds. The Morgan fingerprint density at radius 3 is 2.95 bits per heavy atom. The molecule has 20 heavy (non-hydrogen) atoms. The molecular formula is C16H21ClFNO. The van der Waals surface area contributed by atoms with Gasteiger partial charge >= 0.3 is 0 Å². The fourth-order valence-corrected chi connectivity index (χ4v) is 3.23. The zero-order chi connectivity index (χ0) is 14.6. The quantitative estimate of drug-likeness (QED) is 0.839. The van der Waals surface area contributed by atoms with Gasteiger partial charge in [0.05, 0.1) is 6.61 Å². The van der Waals surface area contributed by atoms with E-state index in [-0.39, 0.29) is 17.8 Å². The van der Waals surface area contributed by atoms with E-state index in [9.17, 15) is 9.50 Å². The molecule has 2 rings (SSSR count). The van der Waals surface area contributed by atoms with E-state index in [2.05, 4.69) is 11.5 Å². The molecule has 1 N–H and O–H groups in total. The van der Waals surface area contributed by atoms with Crippen molar-refractivity contribution in [2.75, 3.05) is 19.7 Å². The summed E-state index contributed by atoms with van der Waals surface area (Å²) < 4.78 is 13.1. The first-order chi connectivity index (χ1) is 9.58. The van der Waals surface area contributed by atoms with Gasteiger partial charge in [-0.2, -0.15) is 0 Å². The van der Waals surface area contributed by atoms with E-state index in [1.54, 1.807) is 6.07 Å². The molecule has 1 aromatic rings. The molecule has 4 heteroatoms. The number of hydrogen-bond acceptors (Lipinski definition) is 2. The fraction of sp³-hybridized carbons (Fsp3) is 0.500. The van der Waals surface area contributed by atoms with Crippen molar-refractivity contribution < 1.29 is 9.50 Å². The van der Waals surface area contributed by atoms with E-state index in [1.807, 2.05) is 6.08 Å². The topological polar surface area (TPSA) is 23.5 Å². The second-order valence-corrected chi connectivity index (χ2v) is 6.11. The zero-order valence-corrected chi connectivity index (χ0v) is 12.4. The average molecular weight is 298 g/mol. The Morgan fingerprint density at radius 2 is 2.30 bits per heavy atom. The number of halogens is 2. The van der Waals surface area contributed by atoms with E-state index in [0.29, 0.717) is 11.6 Å². The average Bonchev–Trinajstić information content (AvgIpc) is 2.43. The third kappa shape index (κ3) is 3.60. The van der Waals surface area contributed by atoms with E-state index >= 15 is 0 Å². The van der Waals surface area contributed by atoms with Crippen LogP contribution in [0.5, 0.6) is 0 Å². The highest BCUT2D eigenvalue weighted by Crippen LogP contribution is 2.34. The summed E-state index contributed by atoms with van der Waals surface area (Å²) in [6, 6.07) is 4.53. The highest BCUT2D eigenvalue weighted by molar-refractivity contribution is 6.31. The van der Waals surface area contributed by atoms with Crippen molar-refractivity contribution in [3.05, 3.63) is 47.3 Å². The lowest BCUT2D eigenvalue weighted by atomic mass is 9.78. The molecule has 0 unspecified atom stereocenters. The summed E-state index contributed by atoms with van der Waals surface area (Å²) in [6.07, 6.45) is 4.76. The van der Waals surface area contributed by atoms with Crippen molar-refractivity contribution in [2.24, 2.45) is 5.41 Å². The van der Waals surface area contributed by atoms with Gasteiger partial charge in [-0.25, -0.2) is 4.39 Å². The molecular weight excluding hydrogens is 277 g/mol. The van der Waals surface area contributed by atoms with Gasteiger partial charge in [-0.3, -0.25) is 4.90 Å². The molecule has 1 heterocycles. The highest BCUT2D eigenvalue weighted by Gasteiger charge is 2.33. The van der Waals surface area contributed by atoms with Gasteiger partial charge in [0, 0.05) is 23.5 Å². The molecule has 0 radical (unpaired) electrons. The molecule has 1 aliphatic rings. The van der Waals surface area contributed by atoms with Crippen LogP contribution in [0.3, 0.4) is 0 Å². The van der Waals surface area contributed by atoms with E-state index < -0.39 is 0 Å². The van der Waals surface area contributed by atoms with E-state index in [1.165, 1.54) is 12.1 Å². The molecule has 1 aromatic carbocycles. The number of allylic oxidation sites excluding steroid dienone is 1. The Morgan fingerprint density at radius 1 is 1.50 bits per heavy atom. The summed E-state index contributed by atoms with van der Waals surface area (Å²) in [4.78, 5) is 2.28. The SMILES string of the molecule is C=CC[C@@]1(CO)CCCN(Cc2ccc(F)cc2Cl)C1. The van der Waals surface area contributed by atoms with Gasteiger partial charge in [-0.15, -0.1) is 6.58 Å². The lowest BCUT2D eigenvalue weighted by Gasteiger charge is -2.41. The maximum absolute atomic E-state index is 13.1. The van der Waals surface area contributed by atoms with Crippen LogP contribution >= 0.6 is 11.6 Å². The van der Waals surface area contributed by atoms with Crippen LogP contribution in [0.2, 0.25) is 5.02 Å². The molecule has 0 aromatic heterocycles. The highest BCUT2D eigenvalue weighted by atomic mass is 35.5. The third-order valence-corrected chi connectivity index (χ3v) is 4.41. The normalized spacial score (nSPS) is 23.8. The molecule has 1 aliphatic heterocycles. The van der Waals surface area contributed by atoms with Gasteiger partial charge in [0.25, 0.3) is 0 Å². The summed E-state index contributed by atoms with van der Waals surface area (Å²) in [5.41, 5.74) is 0.840. The number of aliphatic hydroxyl groups excluding tert-OH is 1. The summed E-state index contributed by atoms with van der Waals surface area (Å²) in [5.74, 6) is -0.311. The van der Waals surface area contributed by atoms with Gasteiger partial charge in [0.15, 0.2) is 0 Å². The predicted octanol–water partition coefficient (Wildman–Crippen LogP) is 3.63. The smallest absolute Gasteiger partial charge is 0.124 e. The Hall–Kier alpha value is -0.900. The van der Waals surface area contributed by atoms with Crippen LogP contribution in [0.25, 0.3) is 0 Å². The number of aliphatic hydroxyl groups is 1. The number of rotatable bonds is 5. The molecule has 0 bridgehead atoms. The Labute approximate surface area is 124 Å². The largest absolute Gasteiger partial charge is 0.396 e. The molecule has 2 nitrogen and oxygen atoms in total. The van der Waals surface area contributed by atoms with Crippen LogP contribution in [0, 0.1) is 11.2 Å². The van der Waals surface area contributed by atoms with Gasteiger partial charge in [0.2, 0.25) is 0 Å². The minimum atomic E-state index is -0.311. The van der Waals surface area contributed by atoms with Gasteiger partial charge < -0.3 is 5.11 Å². The Balaban J connectivity index is 2.07. The van der Waals surface area contributed by atoms with E-state index in [0.717, 1.165) is 37.9 Å². The van der Waals surface area contributed by atoms with Gasteiger partial charge in [0.1, 0.15) is 5.82 Å². The van der Waals surface area contributed by atoms with Crippen molar-refractivity contribution >= 4 is 11.6 Å². The third-order valence-electron chi connectivity index (χ3n) is 4.06. The summed E-state index contributed by atoms with van der Waals surface area (Å²) >= 11 is 6.08. The maximum atomic E-state index is 13.1. The summed E-state index contributed by atoms with van der Waals surface area (Å²) in [7, 11) is 0. The molecule has 0 saturated carbocycles. The standard InChI is InChI=1S/C16H21ClFNO/c1-2-6-16(12-20)7-3-8-19(11-16)10-13-4-5-14(18)9-15(13)17/h2,4-5,9,20H,1,3,6-8,10-12H2/t16-/m1/s1. The predicted molar refractivity (Wildman–Crippen MR) is 80.3 cm³/mol. The van der Waals surface area contributed by atoms with Gasteiger partial charge in [-0.1, -0.05) is 23.7 Å². The molecule has 1 fully saturated rings. The van der Waals surface area contributed by atoms with Crippen LogP contribution in [0.1, 0.15) is 24.8 Å².